The topological polar surface area (TPSA) is 32.7 Å². The van der Waals surface area contributed by atoms with Crippen molar-refractivity contribution in [3.63, 3.8) is 0 Å². The van der Waals surface area contributed by atoms with Crippen molar-refractivity contribution in [3.05, 3.63) is 0 Å². The zero-order valence-corrected chi connectivity index (χ0v) is 11.5. The molecule has 3 atom stereocenters. The lowest BCUT2D eigenvalue weighted by molar-refractivity contribution is -0.0125. The fraction of sp³-hybridized carbons (Fsp3) is 1.00. The van der Waals surface area contributed by atoms with Crippen LogP contribution in [0.15, 0.2) is 0 Å². The molecule has 3 nitrogen and oxygen atoms in total. The lowest BCUT2D eigenvalue weighted by atomic mass is 9.71. The summed E-state index contributed by atoms with van der Waals surface area (Å²) in [4.78, 5) is 2.55. The fourth-order valence-corrected chi connectivity index (χ4v) is 3.27. The zero-order chi connectivity index (χ0) is 12.5. The van der Waals surface area contributed by atoms with Gasteiger partial charge in [0.05, 0.1) is 18.8 Å². The Morgan fingerprint density at radius 1 is 1.24 bits per heavy atom. The third kappa shape index (κ3) is 3.21. The Bertz CT molecular complexity index is 255. The molecule has 0 bridgehead atoms. The summed E-state index contributed by atoms with van der Waals surface area (Å²) in [6, 6.07) is 0.514. The molecule has 1 aliphatic heterocycles. The van der Waals surface area contributed by atoms with E-state index in [4.69, 9.17) is 4.74 Å². The van der Waals surface area contributed by atoms with Gasteiger partial charge in [0.1, 0.15) is 0 Å². The number of hydrogen-bond acceptors (Lipinski definition) is 3. The fourth-order valence-electron chi connectivity index (χ4n) is 3.27. The molecular formula is C14H27NO2. The molecule has 0 spiro atoms. The third-order valence-corrected chi connectivity index (χ3v) is 4.56. The third-order valence-electron chi connectivity index (χ3n) is 4.56. The highest BCUT2D eigenvalue weighted by molar-refractivity contribution is 4.93. The van der Waals surface area contributed by atoms with Crippen LogP contribution in [0.1, 0.15) is 46.5 Å². The van der Waals surface area contributed by atoms with Crippen molar-refractivity contribution >= 4 is 0 Å². The highest BCUT2D eigenvalue weighted by atomic mass is 16.5. The summed E-state index contributed by atoms with van der Waals surface area (Å²) in [7, 11) is 0. The Balaban J connectivity index is 2.02. The minimum atomic E-state index is -0.102. The van der Waals surface area contributed by atoms with Gasteiger partial charge in [-0.15, -0.1) is 0 Å². The summed E-state index contributed by atoms with van der Waals surface area (Å²) in [5.41, 5.74) is 0.326. The second-order valence-electron chi connectivity index (χ2n) is 6.44. The normalized spacial score (nSPS) is 39.9. The van der Waals surface area contributed by atoms with Gasteiger partial charge >= 0.3 is 0 Å². The van der Waals surface area contributed by atoms with Crippen molar-refractivity contribution in [1.82, 2.24) is 4.90 Å². The van der Waals surface area contributed by atoms with E-state index < -0.39 is 0 Å². The summed E-state index contributed by atoms with van der Waals surface area (Å²) < 4.78 is 5.71. The van der Waals surface area contributed by atoms with Gasteiger partial charge < -0.3 is 9.84 Å². The summed E-state index contributed by atoms with van der Waals surface area (Å²) in [5, 5.41) is 9.91. The highest BCUT2D eigenvalue weighted by Crippen LogP contribution is 2.39. The van der Waals surface area contributed by atoms with Gasteiger partial charge in [0.25, 0.3) is 0 Å². The molecule has 1 heterocycles. The second-order valence-corrected chi connectivity index (χ2v) is 6.44. The summed E-state index contributed by atoms with van der Waals surface area (Å²) >= 11 is 0. The molecule has 2 fully saturated rings. The van der Waals surface area contributed by atoms with Crippen LogP contribution in [-0.4, -0.2) is 48.0 Å². The first-order chi connectivity index (χ1) is 7.99. The van der Waals surface area contributed by atoms with Gasteiger partial charge in [0, 0.05) is 19.1 Å². The van der Waals surface area contributed by atoms with Gasteiger partial charge in [-0.1, -0.05) is 13.8 Å². The van der Waals surface area contributed by atoms with Crippen LogP contribution in [0.3, 0.4) is 0 Å². The van der Waals surface area contributed by atoms with Crippen molar-refractivity contribution < 1.29 is 9.84 Å². The number of nitrogens with zero attached hydrogens (tertiary/aromatic N) is 1. The molecule has 100 valence electrons. The number of hydrogen-bond donors (Lipinski definition) is 1. The molecule has 17 heavy (non-hydrogen) atoms. The van der Waals surface area contributed by atoms with Crippen LogP contribution in [0.2, 0.25) is 0 Å². The van der Waals surface area contributed by atoms with Crippen LogP contribution in [0, 0.1) is 5.41 Å². The molecule has 1 saturated heterocycles. The molecule has 0 aromatic carbocycles. The Labute approximate surface area is 105 Å². The molecule has 0 radical (unpaired) electrons. The molecule has 1 N–H and O–H groups in total. The maximum absolute atomic E-state index is 9.91. The van der Waals surface area contributed by atoms with E-state index in [1.165, 1.54) is 0 Å². The molecule has 0 amide bonds. The molecule has 0 aromatic rings. The first-order valence-electron chi connectivity index (χ1n) is 7.03. The van der Waals surface area contributed by atoms with Crippen molar-refractivity contribution in [2.75, 3.05) is 19.7 Å². The van der Waals surface area contributed by atoms with Crippen molar-refractivity contribution in [2.24, 2.45) is 5.41 Å². The summed E-state index contributed by atoms with van der Waals surface area (Å²) in [6.45, 7) is 9.82. The predicted octanol–water partition coefficient (Wildman–Crippen LogP) is 2.04. The SMILES string of the molecule is CC1CCN(C2CC(O)CCC2(C)C)CCO1. The van der Waals surface area contributed by atoms with E-state index in [0.717, 1.165) is 45.4 Å². The van der Waals surface area contributed by atoms with Crippen LogP contribution in [0.4, 0.5) is 0 Å². The lowest BCUT2D eigenvalue weighted by Gasteiger charge is -2.46. The number of aliphatic hydroxyl groups is 1. The molecule has 3 unspecified atom stereocenters. The van der Waals surface area contributed by atoms with Crippen LogP contribution in [0.25, 0.3) is 0 Å². The van der Waals surface area contributed by atoms with Crippen LogP contribution >= 0.6 is 0 Å². The molecule has 2 aliphatic rings. The first-order valence-corrected chi connectivity index (χ1v) is 7.03. The molecule has 2 rings (SSSR count). The van der Waals surface area contributed by atoms with E-state index in [-0.39, 0.29) is 6.10 Å². The Morgan fingerprint density at radius 3 is 2.76 bits per heavy atom. The Hall–Kier alpha value is -0.120. The standard InChI is InChI=1S/C14H27NO2/c1-11-5-7-15(8-9-17-11)13-10-12(16)4-6-14(13,2)3/h11-13,16H,4-10H2,1-3H3. The van der Waals surface area contributed by atoms with Crippen LogP contribution in [0.5, 0.6) is 0 Å². The van der Waals surface area contributed by atoms with E-state index in [1.807, 2.05) is 0 Å². The molecule has 3 heteroatoms. The number of aliphatic hydroxyl groups excluding tert-OH is 1. The van der Waals surface area contributed by atoms with Crippen LogP contribution < -0.4 is 0 Å². The van der Waals surface area contributed by atoms with E-state index in [9.17, 15) is 5.11 Å². The van der Waals surface area contributed by atoms with E-state index in [1.54, 1.807) is 0 Å². The predicted molar refractivity (Wildman–Crippen MR) is 69.0 cm³/mol. The van der Waals surface area contributed by atoms with Gasteiger partial charge in [0.15, 0.2) is 0 Å². The molecule has 0 aromatic heterocycles. The lowest BCUT2D eigenvalue weighted by Crippen LogP contribution is -2.50. The largest absolute Gasteiger partial charge is 0.393 e. The average Bonchev–Trinajstić information content (AvgIpc) is 2.47. The van der Waals surface area contributed by atoms with E-state index in [0.29, 0.717) is 17.6 Å². The zero-order valence-electron chi connectivity index (χ0n) is 11.5. The monoisotopic (exact) mass is 241 g/mol. The minimum Gasteiger partial charge on any atom is -0.393 e. The molecule has 1 saturated carbocycles. The number of ether oxygens (including phenoxy) is 1. The maximum atomic E-state index is 9.91. The quantitative estimate of drug-likeness (QED) is 0.762. The van der Waals surface area contributed by atoms with Gasteiger partial charge in [0.2, 0.25) is 0 Å². The van der Waals surface area contributed by atoms with Crippen molar-refractivity contribution in [2.45, 2.75) is 64.7 Å². The Morgan fingerprint density at radius 2 is 2.00 bits per heavy atom. The highest BCUT2D eigenvalue weighted by Gasteiger charge is 2.39. The van der Waals surface area contributed by atoms with E-state index >= 15 is 0 Å². The average molecular weight is 241 g/mol. The maximum Gasteiger partial charge on any atom is 0.0597 e. The summed E-state index contributed by atoms with van der Waals surface area (Å²) in [6.07, 6.45) is 4.42. The van der Waals surface area contributed by atoms with Gasteiger partial charge in [-0.2, -0.15) is 0 Å². The second kappa shape index (κ2) is 5.25. The minimum absolute atomic E-state index is 0.102. The van der Waals surface area contributed by atoms with E-state index in [2.05, 4.69) is 25.7 Å². The number of rotatable bonds is 1. The van der Waals surface area contributed by atoms with Gasteiger partial charge in [-0.3, -0.25) is 4.90 Å². The summed E-state index contributed by atoms with van der Waals surface area (Å²) in [5.74, 6) is 0. The molecular weight excluding hydrogens is 214 g/mol. The smallest absolute Gasteiger partial charge is 0.0597 e. The van der Waals surface area contributed by atoms with Crippen molar-refractivity contribution in [1.29, 1.82) is 0 Å². The molecule has 1 aliphatic carbocycles. The van der Waals surface area contributed by atoms with Crippen LogP contribution in [-0.2, 0) is 4.74 Å². The Kier molecular flexibility index (Phi) is 4.11. The first kappa shape index (κ1) is 13.3. The van der Waals surface area contributed by atoms with Gasteiger partial charge in [-0.05, 0) is 38.0 Å². The van der Waals surface area contributed by atoms with Gasteiger partial charge in [-0.25, -0.2) is 0 Å². The van der Waals surface area contributed by atoms with Crippen molar-refractivity contribution in [3.8, 4) is 0 Å².